The number of nitrogens with two attached hydrogens (primary N) is 1. The zero-order valence-corrected chi connectivity index (χ0v) is 12.0. The maximum Gasteiger partial charge on any atom is 0.0702 e. The van der Waals surface area contributed by atoms with Crippen LogP contribution in [0.4, 0.5) is 5.69 Å². The van der Waals surface area contributed by atoms with Crippen LogP contribution in [0.25, 0.3) is 0 Å². The van der Waals surface area contributed by atoms with E-state index in [0.717, 1.165) is 23.3 Å². The lowest BCUT2D eigenvalue weighted by molar-refractivity contribution is -0.00498. The minimum absolute atomic E-state index is 0.0764. The maximum atomic E-state index is 12.3. The predicted octanol–water partition coefficient (Wildman–Crippen LogP) is 2.64. The molecule has 100 valence electrons. The Labute approximate surface area is 111 Å². The molecule has 0 saturated carbocycles. The fraction of sp³-hybridized carbons (Fsp3) is 0.571. The van der Waals surface area contributed by atoms with E-state index in [4.69, 9.17) is 10.5 Å². The van der Waals surface area contributed by atoms with Crippen molar-refractivity contribution in [3.8, 4) is 0 Å². The summed E-state index contributed by atoms with van der Waals surface area (Å²) in [5, 5.41) is 0. The Morgan fingerprint density at radius 2 is 2.22 bits per heavy atom. The van der Waals surface area contributed by atoms with Gasteiger partial charge in [-0.25, -0.2) is 0 Å². The first-order valence-corrected chi connectivity index (χ1v) is 7.61. The molecule has 2 atom stereocenters. The van der Waals surface area contributed by atoms with E-state index in [0.29, 0.717) is 11.4 Å². The maximum absolute atomic E-state index is 12.3. The molecule has 4 heteroatoms. The van der Waals surface area contributed by atoms with Gasteiger partial charge in [-0.2, -0.15) is 0 Å². The number of nitrogen functional groups attached to an aromatic ring is 1. The van der Waals surface area contributed by atoms with Crippen LogP contribution in [0, 0.1) is 6.92 Å². The Hall–Kier alpha value is -0.870. The van der Waals surface area contributed by atoms with Crippen molar-refractivity contribution < 1.29 is 8.95 Å². The van der Waals surface area contributed by atoms with Gasteiger partial charge in [0.05, 0.1) is 33.2 Å². The second kappa shape index (κ2) is 5.02. The monoisotopic (exact) mass is 267 g/mol. The topological polar surface area (TPSA) is 52.3 Å². The normalized spacial score (nSPS) is 24.1. The van der Waals surface area contributed by atoms with Gasteiger partial charge >= 0.3 is 0 Å². The molecule has 2 unspecified atom stereocenters. The molecule has 2 rings (SSSR count). The van der Waals surface area contributed by atoms with Gasteiger partial charge in [-0.1, -0.05) is 6.07 Å². The Bertz CT molecular complexity index is 471. The molecule has 1 aliphatic heterocycles. The van der Waals surface area contributed by atoms with Crippen LogP contribution >= 0.6 is 0 Å². The third-order valence-corrected chi connectivity index (χ3v) is 4.82. The average Bonchev–Trinajstić information content (AvgIpc) is 2.61. The van der Waals surface area contributed by atoms with Crippen LogP contribution < -0.4 is 5.73 Å². The summed E-state index contributed by atoms with van der Waals surface area (Å²) >= 11 is 0. The summed E-state index contributed by atoms with van der Waals surface area (Å²) in [6, 6.07) is 5.67. The van der Waals surface area contributed by atoms with Crippen molar-refractivity contribution in [2.45, 2.75) is 50.2 Å². The average molecular weight is 267 g/mol. The second-order valence-electron chi connectivity index (χ2n) is 5.59. The third kappa shape index (κ3) is 3.12. The lowest BCUT2D eigenvalue weighted by Crippen LogP contribution is -2.23. The van der Waals surface area contributed by atoms with E-state index < -0.39 is 10.8 Å². The van der Waals surface area contributed by atoms with E-state index in [1.165, 1.54) is 0 Å². The Morgan fingerprint density at radius 3 is 2.83 bits per heavy atom. The summed E-state index contributed by atoms with van der Waals surface area (Å²) in [6.07, 6.45) is 2.09. The van der Waals surface area contributed by atoms with Gasteiger partial charge in [0.2, 0.25) is 0 Å². The van der Waals surface area contributed by atoms with Crippen LogP contribution in [0.15, 0.2) is 23.1 Å². The molecule has 0 bridgehead atoms. The Balaban J connectivity index is 2.06. The third-order valence-electron chi connectivity index (χ3n) is 3.31. The van der Waals surface area contributed by atoms with E-state index in [-0.39, 0.29) is 11.7 Å². The molecular weight excluding hydrogens is 246 g/mol. The van der Waals surface area contributed by atoms with Gasteiger partial charge in [0.1, 0.15) is 0 Å². The van der Waals surface area contributed by atoms with E-state index in [9.17, 15) is 4.21 Å². The van der Waals surface area contributed by atoms with Crippen LogP contribution in [0.3, 0.4) is 0 Å². The van der Waals surface area contributed by atoms with Gasteiger partial charge in [0.25, 0.3) is 0 Å². The summed E-state index contributed by atoms with van der Waals surface area (Å²) in [7, 11) is -1.08. The number of hydrogen-bond donors (Lipinski definition) is 1. The highest BCUT2D eigenvalue weighted by molar-refractivity contribution is 7.85. The van der Waals surface area contributed by atoms with Crippen molar-refractivity contribution in [2.24, 2.45) is 0 Å². The minimum Gasteiger partial charge on any atom is -0.398 e. The molecule has 0 spiro atoms. The van der Waals surface area contributed by atoms with Gasteiger partial charge in [-0.15, -0.1) is 0 Å². The molecule has 1 fully saturated rings. The molecule has 0 radical (unpaired) electrons. The molecule has 3 nitrogen and oxygen atoms in total. The minimum atomic E-state index is -1.08. The van der Waals surface area contributed by atoms with E-state index in [1.54, 1.807) is 0 Å². The second-order valence-corrected chi connectivity index (χ2v) is 7.06. The summed E-state index contributed by atoms with van der Waals surface area (Å²) < 4.78 is 18.2. The molecule has 1 aromatic carbocycles. The summed E-state index contributed by atoms with van der Waals surface area (Å²) in [5.74, 6) is 0.539. The number of ether oxygens (including phenoxy) is 1. The zero-order valence-electron chi connectivity index (χ0n) is 11.2. The molecule has 0 amide bonds. The molecule has 0 aliphatic carbocycles. The fourth-order valence-electron chi connectivity index (χ4n) is 2.29. The molecular formula is C14H21NO2S. The summed E-state index contributed by atoms with van der Waals surface area (Å²) in [5.41, 5.74) is 7.50. The molecule has 2 N–H and O–H groups in total. The van der Waals surface area contributed by atoms with Crippen molar-refractivity contribution in [2.75, 3.05) is 11.5 Å². The number of benzene rings is 1. The van der Waals surface area contributed by atoms with E-state index in [2.05, 4.69) is 13.8 Å². The number of aryl methyl sites for hydroxylation is 1. The van der Waals surface area contributed by atoms with Crippen molar-refractivity contribution >= 4 is 16.5 Å². The number of rotatable bonds is 3. The van der Waals surface area contributed by atoms with Crippen LogP contribution in [-0.2, 0) is 15.5 Å². The zero-order chi connectivity index (χ0) is 13.3. The molecule has 0 aromatic heterocycles. The largest absolute Gasteiger partial charge is 0.398 e. The molecule has 18 heavy (non-hydrogen) atoms. The van der Waals surface area contributed by atoms with E-state index in [1.807, 2.05) is 25.1 Å². The Kier molecular flexibility index (Phi) is 3.78. The lowest BCUT2D eigenvalue weighted by Gasteiger charge is -2.19. The number of anilines is 1. The molecule has 1 saturated heterocycles. The van der Waals surface area contributed by atoms with Gasteiger partial charge in [0.15, 0.2) is 0 Å². The quantitative estimate of drug-likeness (QED) is 0.857. The smallest absolute Gasteiger partial charge is 0.0702 e. The van der Waals surface area contributed by atoms with Gasteiger partial charge in [0, 0.05) is 5.69 Å². The highest BCUT2D eigenvalue weighted by Gasteiger charge is 2.32. The van der Waals surface area contributed by atoms with Gasteiger partial charge in [-0.05, 0) is 51.3 Å². The van der Waals surface area contributed by atoms with Crippen molar-refractivity contribution in [3.63, 3.8) is 0 Å². The highest BCUT2D eigenvalue weighted by Crippen LogP contribution is 2.31. The first-order chi connectivity index (χ1) is 8.37. The van der Waals surface area contributed by atoms with Crippen LogP contribution in [-0.4, -0.2) is 21.7 Å². The highest BCUT2D eigenvalue weighted by atomic mass is 32.2. The Morgan fingerprint density at radius 1 is 1.50 bits per heavy atom. The van der Waals surface area contributed by atoms with Crippen LogP contribution in [0.2, 0.25) is 0 Å². The van der Waals surface area contributed by atoms with E-state index >= 15 is 0 Å². The van der Waals surface area contributed by atoms with Crippen molar-refractivity contribution in [1.29, 1.82) is 0 Å². The lowest BCUT2D eigenvalue weighted by atomic mass is 10.1. The first-order valence-electron chi connectivity index (χ1n) is 6.30. The van der Waals surface area contributed by atoms with Gasteiger partial charge in [-0.3, -0.25) is 4.21 Å². The first kappa shape index (κ1) is 13.6. The molecule has 1 aromatic rings. The molecule has 1 heterocycles. The van der Waals surface area contributed by atoms with Crippen LogP contribution in [0.5, 0.6) is 0 Å². The predicted molar refractivity (Wildman–Crippen MR) is 75.1 cm³/mol. The van der Waals surface area contributed by atoms with Gasteiger partial charge < -0.3 is 10.5 Å². The van der Waals surface area contributed by atoms with Crippen molar-refractivity contribution in [1.82, 2.24) is 0 Å². The van der Waals surface area contributed by atoms with Crippen molar-refractivity contribution in [3.05, 3.63) is 23.8 Å². The fourth-order valence-corrected chi connectivity index (χ4v) is 3.69. The SMILES string of the molecule is Cc1ccc(N)c(S(=O)CC2CCC(C)(C)O2)c1. The number of hydrogen-bond acceptors (Lipinski definition) is 3. The summed E-state index contributed by atoms with van der Waals surface area (Å²) in [4.78, 5) is 0.739. The standard InChI is InChI=1S/C14H21NO2S/c1-10-4-5-12(15)13(8-10)18(16)9-11-6-7-14(2,3)17-11/h4-5,8,11H,6-7,9,15H2,1-3H3. The summed E-state index contributed by atoms with van der Waals surface area (Å²) in [6.45, 7) is 6.14. The molecule has 1 aliphatic rings. The van der Waals surface area contributed by atoms with Crippen LogP contribution in [0.1, 0.15) is 32.3 Å².